The van der Waals surface area contributed by atoms with Crippen molar-refractivity contribution in [2.45, 2.75) is 19.6 Å². The van der Waals surface area contributed by atoms with Gasteiger partial charge in [-0.15, -0.1) is 0 Å². The van der Waals surface area contributed by atoms with Crippen LogP contribution >= 0.6 is 0 Å². The van der Waals surface area contributed by atoms with Crippen molar-refractivity contribution in [1.29, 1.82) is 0 Å². The minimum Gasteiger partial charge on any atom is -0.467 e. The van der Waals surface area contributed by atoms with E-state index in [2.05, 4.69) is 5.16 Å². The molecule has 5 nitrogen and oxygen atoms in total. The standard InChI is InChI=1S/C12H11F3N2O3/c1-8-5-10(20-16-8)11(18)17(7-12(13,14)15)6-9-3-2-4-19-9/h2-5H,6-7H2,1H3. The van der Waals surface area contributed by atoms with E-state index in [4.69, 9.17) is 8.94 Å². The molecule has 2 aromatic heterocycles. The summed E-state index contributed by atoms with van der Waals surface area (Å²) in [4.78, 5) is 12.6. The lowest BCUT2D eigenvalue weighted by Crippen LogP contribution is -2.38. The maximum Gasteiger partial charge on any atom is 0.406 e. The molecule has 0 fully saturated rings. The van der Waals surface area contributed by atoms with E-state index in [1.165, 1.54) is 24.5 Å². The second kappa shape index (κ2) is 5.40. The molecule has 0 saturated heterocycles. The zero-order valence-corrected chi connectivity index (χ0v) is 10.5. The van der Waals surface area contributed by atoms with Gasteiger partial charge in [-0.1, -0.05) is 5.16 Å². The van der Waals surface area contributed by atoms with Gasteiger partial charge in [0.05, 0.1) is 18.5 Å². The molecule has 0 aliphatic rings. The topological polar surface area (TPSA) is 59.5 Å². The first kappa shape index (κ1) is 14.2. The normalized spacial score (nSPS) is 11.6. The second-order valence-corrected chi connectivity index (χ2v) is 4.19. The molecule has 0 aromatic carbocycles. The number of alkyl halides is 3. The summed E-state index contributed by atoms with van der Waals surface area (Å²) < 4.78 is 47.3. The molecule has 2 rings (SSSR count). The zero-order chi connectivity index (χ0) is 14.8. The summed E-state index contributed by atoms with van der Waals surface area (Å²) in [5, 5.41) is 3.49. The maximum atomic E-state index is 12.5. The van der Waals surface area contributed by atoms with Crippen LogP contribution in [0.2, 0.25) is 0 Å². The quantitative estimate of drug-likeness (QED) is 0.868. The van der Waals surface area contributed by atoms with Crippen LogP contribution in [0.25, 0.3) is 0 Å². The molecule has 0 aliphatic carbocycles. The lowest BCUT2D eigenvalue weighted by atomic mass is 10.3. The van der Waals surface area contributed by atoms with Crippen LogP contribution in [-0.2, 0) is 6.54 Å². The van der Waals surface area contributed by atoms with Crippen LogP contribution in [0.3, 0.4) is 0 Å². The Balaban J connectivity index is 2.19. The summed E-state index contributed by atoms with van der Waals surface area (Å²) >= 11 is 0. The Labute approximate surface area is 111 Å². The molecule has 0 aliphatic heterocycles. The van der Waals surface area contributed by atoms with Crippen molar-refractivity contribution in [3.05, 3.63) is 41.7 Å². The van der Waals surface area contributed by atoms with Crippen LogP contribution in [0.5, 0.6) is 0 Å². The molecular formula is C12H11F3N2O3. The van der Waals surface area contributed by atoms with Gasteiger partial charge in [-0.3, -0.25) is 4.79 Å². The third-order valence-electron chi connectivity index (χ3n) is 2.42. The van der Waals surface area contributed by atoms with E-state index in [0.29, 0.717) is 10.6 Å². The highest BCUT2D eigenvalue weighted by Gasteiger charge is 2.34. The Morgan fingerprint density at radius 3 is 2.70 bits per heavy atom. The summed E-state index contributed by atoms with van der Waals surface area (Å²) in [6.07, 6.45) is -3.19. The first-order chi connectivity index (χ1) is 9.35. The Bertz CT molecular complexity index is 575. The van der Waals surface area contributed by atoms with Gasteiger partial charge in [0.15, 0.2) is 0 Å². The highest BCUT2D eigenvalue weighted by molar-refractivity contribution is 5.91. The lowest BCUT2D eigenvalue weighted by Gasteiger charge is -2.21. The van der Waals surface area contributed by atoms with Gasteiger partial charge in [0, 0.05) is 6.07 Å². The molecule has 0 atom stereocenters. The first-order valence-electron chi connectivity index (χ1n) is 5.67. The van der Waals surface area contributed by atoms with E-state index in [-0.39, 0.29) is 18.1 Å². The number of halogens is 3. The van der Waals surface area contributed by atoms with E-state index in [9.17, 15) is 18.0 Å². The van der Waals surface area contributed by atoms with Crippen molar-refractivity contribution >= 4 is 5.91 Å². The van der Waals surface area contributed by atoms with Crippen molar-refractivity contribution in [1.82, 2.24) is 10.1 Å². The van der Waals surface area contributed by atoms with E-state index < -0.39 is 18.6 Å². The predicted molar refractivity (Wildman–Crippen MR) is 60.7 cm³/mol. The van der Waals surface area contributed by atoms with Crippen molar-refractivity contribution < 1.29 is 26.9 Å². The molecule has 0 bridgehead atoms. The number of carbonyl (C=O) groups excluding carboxylic acids is 1. The van der Waals surface area contributed by atoms with Crippen LogP contribution in [0.1, 0.15) is 22.0 Å². The molecule has 20 heavy (non-hydrogen) atoms. The van der Waals surface area contributed by atoms with Gasteiger partial charge in [0.25, 0.3) is 5.91 Å². The van der Waals surface area contributed by atoms with Crippen LogP contribution in [0.15, 0.2) is 33.4 Å². The fourth-order valence-electron chi connectivity index (χ4n) is 1.63. The number of hydrogen-bond donors (Lipinski definition) is 0. The summed E-state index contributed by atoms with van der Waals surface area (Å²) in [5.41, 5.74) is 0.415. The minimum absolute atomic E-state index is 0.238. The maximum absolute atomic E-state index is 12.5. The fourth-order valence-corrected chi connectivity index (χ4v) is 1.63. The molecule has 0 saturated carbocycles. The van der Waals surface area contributed by atoms with E-state index in [1.807, 2.05) is 0 Å². The number of furan rings is 1. The Morgan fingerprint density at radius 1 is 1.45 bits per heavy atom. The Hall–Kier alpha value is -2.25. The van der Waals surface area contributed by atoms with Gasteiger partial charge in [-0.25, -0.2) is 0 Å². The molecule has 0 spiro atoms. The van der Waals surface area contributed by atoms with Crippen LogP contribution in [-0.4, -0.2) is 28.7 Å². The average Bonchev–Trinajstić information content (AvgIpc) is 2.97. The molecule has 0 radical (unpaired) electrons. The molecule has 108 valence electrons. The number of amides is 1. The number of carbonyl (C=O) groups is 1. The summed E-state index contributed by atoms with van der Waals surface area (Å²) in [6.45, 7) is -0.127. The minimum atomic E-state index is -4.52. The third kappa shape index (κ3) is 3.62. The van der Waals surface area contributed by atoms with Gasteiger partial charge >= 0.3 is 6.18 Å². The van der Waals surface area contributed by atoms with Gasteiger partial charge < -0.3 is 13.8 Å². The SMILES string of the molecule is Cc1cc(C(=O)N(Cc2ccco2)CC(F)(F)F)on1. The molecule has 2 aromatic rings. The first-order valence-corrected chi connectivity index (χ1v) is 5.67. The van der Waals surface area contributed by atoms with Gasteiger partial charge in [-0.2, -0.15) is 13.2 Å². The predicted octanol–water partition coefficient (Wildman–Crippen LogP) is 2.78. The molecular weight excluding hydrogens is 277 g/mol. The Kier molecular flexibility index (Phi) is 3.82. The van der Waals surface area contributed by atoms with E-state index >= 15 is 0 Å². The van der Waals surface area contributed by atoms with E-state index in [1.54, 1.807) is 6.92 Å². The lowest BCUT2D eigenvalue weighted by molar-refractivity contribution is -0.142. The van der Waals surface area contributed by atoms with Crippen molar-refractivity contribution in [3.8, 4) is 0 Å². The van der Waals surface area contributed by atoms with Crippen molar-refractivity contribution in [2.24, 2.45) is 0 Å². The Morgan fingerprint density at radius 2 is 2.20 bits per heavy atom. The van der Waals surface area contributed by atoms with Crippen LogP contribution in [0.4, 0.5) is 13.2 Å². The number of aryl methyl sites for hydroxylation is 1. The highest BCUT2D eigenvalue weighted by atomic mass is 19.4. The molecule has 0 N–H and O–H groups in total. The van der Waals surface area contributed by atoms with E-state index in [0.717, 1.165) is 0 Å². The molecule has 1 amide bonds. The van der Waals surface area contributed by atoms with Gasteiger partial charge in [-0.05, 0) is 19.1 Å². The molecule has 0 unspecified atom stereocenters. The number of hydrogen-bond acceptors (Lipinski definition) is 4. The number of aromatic nitrogens is 1. The largest absolute Gasteiger partial charge is 0.467 e. The molecule has 8 heteroatoms. The summed E-state index contributed by atoms with van der Waals surface area (Å²) in [6, 6.07) is 4.31. The highest BCUT2D eigenvalue weighted by Crippen LogP contribution is 2.20. The zero-order valence-electron chi connectivity index (χ0n) is 10.5. The molecule has 2 heterocycles. The monoisotopic (exact) mass is 288 g/mol. The average molecular weight is 288 g/mol. The van der Waals surface area contributed by atoms with Crippen molar-refractivity contribution in [2.75, 3.05) is 6.54 Å². The number of rotatable bonds is 4. The van der Waals surface area contributed by atoms with Crippen molar-refractivity contribution in [3.63, 3.8) is 0 Å². The van der Waals surface area contributed by atoms with Crippen LogP contribution in [0, 0.1) is 6.92 Å². The summed E-state index contributed by atoms with van der Waals surface area (Å²) in [5.74, 6) is -0.878. The smallest absolute Gasteiger partial charge is 0.406 e. The second-order valence-electron chi connectivity index (χ2n) is 4.19. The van der Waals surface area contributed by atoms with Gasteiger partial charge in [0.1, 0.15) is 12.3 Å². The van der Waals surface area contributed by atoms with Crippen LogP contribution < -0.4 is 0 Å². The fraction of sp³-hybridized carbons (Fsp3) is 0.333. The summed E-state index contributed by atoms with van der Waals surface area (Å²) in [7, 11) is 0. The van der Waals surface area contributed by atoms with Gasteiger partial charge in [0.2, 0.25) is 5.76 Å². The third-order valence-corrected chi connectivity index (χ3v) is 2.42. The number of nitrogens with zero attached hydrogens (tertiary/aromatic N) is 2.